The molecule has 0 saturated carbocycles. The van der Waals surface area contributed by atoms with Crippen molar-refractivity contribution in [2.45, 2.75) is 13.8 Å². The van der Waals surface area contributed by atoms with Crippen LogP contribution in [0.25, 0.3) is 0 Å². The van der Waals surface area contributed by atoms with Gasteiger partial charge in [-0.15, -0.1) is 11.3 Å². The summed E-state index contributed by atoms with van der Waals surface area (Å²) in [6.07, 6.45) is 0. The van der Waals surface area contributed by atoms with E-state index in [1.165, 1.54) is 23.8 Å². The molecule has 1 aromatic heterocycles. The number of aromatic nitrogens is 1. The molecule has 82 valence electrons. The van der Waals surface area contributed by atoms with Gasteiger partial charge in [0, 0.05) is 18.0 Å². The molecule has 0 aliphatic heterocycles. The van der Waals surface area contributed by atoms with E-state index < -0.39 is 0 Å². The number of anilines is 2. The van der Waals surface area contributed by atoms with Crippen molar-refractivity contribution >= 4 is 27.9 Å². The highest BCUT2D eigenvalue weighted by Gasteiger charge is 2.05. The van der Waals surface area contributed by atoms with Crippen LogP contribution in [0.1, 0.15) is 23.0 Å². The second kappa shape index (κ2) is 4.45. The van der Waals surface area contributed by atoms with Crippen molar-refractivity contribution in [3.05, 3.63) is 40.9 Å². The summed E-state index contributed by atoms with van der Waals surface area (Å²) in [7, 11) is 0. The van der Waals surface area contributed by atoms with Crippen LogP contribution < -0.4 is 5.32 Å². The first-order valence-electron chi connectivity index (χ1n) is 4.95. The maximum Gasteiger partial charge on any atom is 0.187 e. The first-order chi connectivity index (χ1) is 7.65. The number of rotatable bonds is 3. The molecule has 1 heterocycles. The number of hydrogen-bond acceptors (Lipinski definition) is 4. The molecule has 0 bridgehead atoms. The zero-order valence-corrected chi connectivity index (χ0v) is 9.97. The lowest BCUT2D eigenvalue weighted by molar-refractivity contribution is 0.101. The van der Waals surface area contributed by atoms with Crippen LogP contribution in [0.15, 0.2) is 29.6 Å². The first-order valence-corrected chi connectivity index (χ1v) is 5.83. The Kier molecular flexibility index (Phi) is 3.01. The maximum atomic E-state index is 11.1. The minimum atomic E-state index is -0.00629. The average Bonchev–Trinajstić information content (AvgIpc) is 2.70. The average molecular weight is 232 g/mol. The normalized spacial score (nSPS) is 10.1. The van der Waals surface area contributed by atoms with Crippen molar-refractivity contribution in [3.8, 4) is 0 Å². The van der Waals surface area contributed by atoms with E-state index in [1.807, 2.05) is 31.2 Å². The summed E-state index contributed by atoms with van der Waals surface area (Å²) < 4.78 is 0. The van der Waals surface area contributed by atoms with Crippen molar-refractivity contribution in [3.63, 3.8) is 0 Å². The number of thiazole rings is 1. The fraction of sp³-hybridized carbons (Fsp3) is 0.167. The predicted octanol–water partition coefficient (Wildman–Crippen LogP) is 3.40. The fourth-order valence-corrected chi connectivity index (χ4v) is 2.02. The van der Waals surface area contributed by atoms with Gasteiger partial charge in [0.05, 0.1) is 0 Å². The van der Waals surface area contributed by atoms with Crippen molar-refractivity contribution in [1.29, 1.82) is 0 Å². The Morgan fingerprint density at radius 2 is 2.00 bits per heavy atom. The topological polar surface area (TPSA) is 42.0 Å². The highest BCUT2D eigenvalue weighted by Crippen LogP contribution is 2.21. The lowest BCUT2D eigenvalue weighted by Gasteiger charge is -2.01. The molecule has 0 radical (unpaired) electrons. The molecule has 0 spiro atoms. The Hall–Kier alpha value is -1.68. The number of carbonyl (C=O) groups excluding carboxylic acids is 1. The molecule has 0 aliphatic carbocycles. The fourth-order valence-electron chi connectivity index (χ4n) is 1.25. The molecule has 1 aromatic carbocycles. The molecular formula is C12H12N2OS. The van der Waals surface area contributed by atoms with Crippen LogP contribution in [0, 0.1) is 6.92 Å². The van der Waals surface area contributed by atoms with Gasteiger partial charge >= 0.3 is 0 Å². The van der Waals surface area contributed by atoms with Gasteiger partial charge in [0.2, 0.25) is 0 Å². The third-order valence-electron chi connectivity index (χ3n) is 2.17. The highest BCUT2D eigenvalue weighted by atomic mass is 32.1. The smallest absolute Gasteiger partial charge is 0.187 e. The van der Waals surface area contributed by atoms with Gasteiger partial charge in [-0.3, -0.25) is 4.79 Å². The van der Waals surface area contributed by atoms with Gasteiger partial charge < -0.3 is 5.32 Å². The number of aryl methyl sites for hydroxylation is 1. The van der Waals surface area contributed by atoms with E-state index >= 15 is 0 Å². The third kappa shape index (κ3) is 2.46. The third-order valence-corrected chi connectivity index (χ3v) is 2.93. The number of Topliss-reactive ketones (excluding diaryl/α,β-unsaturated/α-hetero) is 1. The quantitative estimate of drug-likeness (QED) is 0.825. The number of ketones is 1. The van der Waals surface area contributed by atoms with Crippen LogP contribution in [-0.2, 0) is 0 Å². The molecule has 0 fully saturated rings. The van der Waals surface area contributed by atoms with Gasteiger partial charge in [-0.1, -0.05) is 17.7 Å². The molecule has 4 heteroatoms. The summed E-state index contributed by atoms with van der Waals surface area (Å²) in [6.45, 7) is 3.56. The van der Waals surface area contributed by atoms with Gasteiger partial charge in [-0.05, 0) is 19.1 Å². The van der Waals surface area contributed by atoms with Gasteiger partial charge in [0.15, 0.2) is 10.9 Å². The Balaban J connectivity index is 2.14. The lowest BCUT2D eigenvalue weighted by Crippen LogP contribution is -1.94. The van der Waals surface area contributed by atoms with Gasteiger partial charge in [0.1, 0.15) is 5.69 Å². The van der Waals surface area contributed by atoms with Crippen molar-refractivity contribution in [1.82, 2.24) is 4.98 Å². The number of hydrogen-bond donors (Lipinski definition) is 1. The molecule has 0 atom stereocenters. The Morgan fingerprint density at radius 1 is 1.31 bits per heavy atom. The summed E-state index contributed by atoms with van der Waals surface area (Å²) >= 11 is 1.43. The zero-order chi connectivity index (χ0) is 11.5. The van der Waals surface area contributed by atoms with E-state index in [-0.39, 0.29) is 5.78 Å². The maximum absolute atomic E-state index is 11.1. The molecule has 0 unspecified atom stereocenters. The summed E-state index contributed by atoms with van der Waals surface area (Å²) in [5.41, 5.74) is 2.71. The van der Waals surface area contributed by atoms with Gasteiger partial charge in [-0.2, -0.15) is 0 Å². The summed E-state index contributed by atoms with van der Waals surface area (Å²) in [4.78, 5) is 15.3. The molecule has 0 aliphatic rings. The monoisotopic (exact) mass is 232 g/mol. The molecular weight excluding hydrogens is 220 g/mol. The summed E-state index contributed by atoms with van der Waals surface area (Å²) in [5, 5.41) is 5.67. The van der Waals surface area contributed by atoms with Gasteiger partial charge in [0.25, 0.3) is 0 Å². The van der Waals surface area contributed by atoms with Crippen LogP contribution in [0.5, 0.6) is 0 Å². The number of nitrogens with zero attached hydrogens (tertiary/aromatic N) is 1. The lowest BCUT2D eigenvalue weighted by atomic mass is 10.2. The van der Waals surface area contributed by atoms with E-state index in [4.69, 9.17) is 0 Å². The number of benzene rings is 1. The first kappa shape index (κ1) is 10.8. The second-order valence-electron chi connectivity index (χ2n) is 3.59. The Morgan fingerprint density at radius 3 is 2.56 bits per heavy atom. The molecule has 0 saturated heterocycles. The van der Waals surface area contributed by atoms with E-state index in [0.29, 0.717) is 5.69 Å². The van der Waals surface area contributed by atoms with Gasteiger partial charge in [-0.25, -0.2) is 4.98 Å². The second-order valence-corrected chi connectivity index (χ2v) is 4.44. The van der Waals surface area contributed by atoms with Crippen LogP contribution in [-0.4, -0.2) is 10.8 Å². The Labute approximate surface area is 98.2 Å². The van der Waals surface area contributed by atoms with E-state index in [0.717, 1.165) is 10.8 Å². The summed E-state index contributed by atoms with van der Waals surface area (Å²) in [5.74, 6) is -0.00629. The molecule has 3 nitrogen and oxygen atoms in total. The molecule has 0 amide bonds. The largest absolute Gasteiger partial charge is 0.332 e. The highest BCUT2D eigenvalue weighted by molar-refractivity contribution is 7.14. The standard InChI is InChI=1S/C12H12N2OS/c1-8-3-5-10(6-4-8)13-12-14-11(7-16-12)9(2)15/h3-7H,1-2H3,(H,13,14). The van der Waals surface area contributed by atoms with Crippen molar-refractivity contribution < 1.29 is 4.79 Å². The SMILES string of the molecule is CC(=O)c1csc(Nc2ccc(C)cc2)n1. The predicted molar refractivity (Wildman–Crippen MR) is 66.6 cm³/mol. The molecule has 16 heavy (non-hydrogen) atoms. The van der Waals surface area contributed by atoms with Crippen molar-refractivity contribution in [2.24, 2.45) is 0 Å². The zero-order valence-electron chi connectivity index (χ0n) is 9.15. The molecule has 2 rings (SSSR count). The molecule has 1 N–H and O–H groups in total. The Bertz CT molecular complexity index is 502. The minimum Gasteiger partial charge on any atom is -0.332 e. The van der Waals surface area contributed by atoms with E-state index in [9.17, 15) is 4.79 Å². The van der Waals surface area contributed by atoms with E-state index in [1.54, 1.807) is 5.38 Å². The van der Waals surface area contributed by atoms with Crippen molar-refractivity contribution in [2.75, 3.05) is 5.32 Å². The van der Waals surface area contributed by atoms with Crippen LogP contribution in [0.3, 0.4) is 0 Å². The van der Waals surface area contributed by atoms with Crippen LogP contribution in [0.2, 0.25) is 0 Å². The molecule has 2 aromatic rings. The van der Waals surface area contributed by atoms with Crippen LogP contribution >= 0.6 is 11.3 Å². The van der Waals surface area contributed by atoms with E-state index in [2.05, 4.69) is 10.3 Å². The number of nitrogens with one attached hydrogen (secondary N) is 1. The van der Waals surface area contributed by atoms with Crippen LogP contribution in [0.4, 0.5) is 10.8 Å². The minimum absolute atomic E-state index is 0.00629. The summed E-state index contributed by atoms with van der Waals surface area (Å²) in [6, 6.07) is 8.04. The number of carbonyl (C=O) groups is 1.